The molecular formula is C19H21N3O2. The van der Waals surface area contributed by atoms with Gasteiger partial charge in [0.25, 0.3) is 5.56 Å². The van der Waals surface area contributed by atoms with Crippen molar-refractivity contribution in [2.24, 2.45) is 5.73 Å². The molecule has 2 N–H and O–H groups in total. The first kappa shape index (κ1) is 16.2. The van der Waals surface area contributed by atoms with E-state index in [9.17, 15) is 4.79 Å². The lowest BCUT2D eigenvalue weighted by Gasteiger charge is -2.15. The second kappa shape index (κ2) is 6.45. The molecule has 0 saturated carbocycles. The van der Waals surface area contributed by atoms with Gasteiger partial charge in [0.1, 0.15) is 12.3 Å². The predicted octanol–water partition coefficient (Wildman–Crippen LogP) is 2.91. The summed E-state index contributed by atoms with van der Waals surface area (Å²) in [5.74, 6) is 0.356. The molecule has 1 unspecified atom stereocenters. The van der Waals surface area contributed by atoms with Crippen molar-refractivity contribution in [3.05, 3.63) is 75.2 Å². The topological polar surface area (TPSA) is 69.6 Å². The van der Waals surface area contributed by atoms with E-state index in [0.29, 0.717) is 23.7 Å². The molecule has 2 aromatic heterocycles. The molecule has 0 aliphatic carbocycles. The summed E-state index contributed by atoms with van der Waals surface area (Å²) in [7, 11) is 0. The van der Waals surface area contributed by atoms with Crippen LogP contribution >= 0.6 is 0 Å². The molecule has 0 aliphatic heterocycles. The minimum Gasteiger partial charge on any atom is -0.472 e. The normalized spacial score (nSPS) is 12.3. The first-order valence-electron chi connectivity index (χ1n) is 7.93. The highest BCUT2D eigenvalue weighted by Crippen LogP contribution is 2.21. The number of aromatic nitrogens is 2. The van der Waals surface area contributed by atoms with Crippen LogP contribution < -0.4 is 16.0 Å². The Labute approximate surface area is 140 Å². The van der Waals surface area contributed by atoms with Crippen LogP contribution in [0.25, 0.3) is 5.65 Å². The number of aryl methyl sites for hydroxylation is 1. The van der Waals surface area contributed by atoms with Crippen LogP contribution in [0.15, 0.2) is 47.4 Å². The van der Waals surface area contributed by atoms with E-state index in [1.54, 1.807) is 17.5 Å². The summed E-state index contributed by atoms with van der Waals surface area (Å²) in [6, 6.07) is 11.5. The fourth-order valence-electron chi connectivity index (χ4n) is 2.68. The zero-order valence-electron chi connectivity index (χ0n) is 14.1. The first-order chi connectivity index (χ1) is 11.5. The fraction of sp³-hybridized carbons (Fsp3) is 0.263. The van der Waals surface area contributed by atoms with Gasteiger partial charge in [-0.1, -0.05) is 30.3 Å². The van der Waals surface area contributed by atoms with E-state index in [0.717, 1.165) is 16.7 Å². The molecule has 0 bridgehead atoms. The third kappa shape index (κ3) is 3.03. The van der Waals surface area contributed by atoms with Gasteiger partial charge in [-0.15, -0.1) is 0 Å². The van der Waals surface area contributed by atoms with Crippen molar-refractivity contribution in [1.29, 1.82) is 0 Å². The lowest BCUT2D eigenvalue weighted by molar-refractivity contribution is 0.291. The van der Waals surface area contributed by atoms with Crippen LogP contribution in [-0.4, -0.2) is 9.38 Å². The van der Waals surface area contributed by atoms with Gasteiger partial charge in [0, 0.05) is 17.8 Å². The molecule has 0 fully saturated rings. The molecule has 5 heteroatoms. The summed E-state index contributed by atoms with van der Waals surface area (Å²) in [4.78, 5) is 17.3. The Morgan fingerprint density at radius 1 is 1.25 bits per heavy atom. The van der Waals surface area contributed by atoms with E-state index >= 15 is 0 Å². The molecule has 0 aliphatic rings. The number of fused-ring (bicyclic) bond motifs is 1. The highest BCUT2D eigenvalue weighted by atomic mass is 16.5. The molecule has 0 saturated heterocycles. The van der Waals surface area contributed by atoms with Gasteiger partial charge in [0.15, 0.2) is 0 Å². The molecule has 0 radical (unpaired) electrons. The van der Waals surface area contributed by atoms with Crippen molar-refractivity contribution < 1.29 is 4.74 Å². The highest BCUT2D eigenvalue weighted by Gasteiger charge is 2.15. The van der Waals surface area contributed by atoms with Crippen LogP contribution in [0.5, 0.6) is 5.88 Å². The maximum Gasteiger partial charge on any atom is 0.264 e. The van der Waals surface area contributed by atoms with Crippen LogP contribution in [0, 0.1) is 13.8 Å². The zero-order chi connectivity index (χ0) is 17.3. The first-order valence-corrected chi connectivity index (χ1v) is 7.93. The maximum absolute atomic E-state index is 12.7. The number of ether oxygens (including phenoxy) is 1. The van der Waals surface area contributed by atoms with Crippen LogP contribution in [0.3, 0.4) is 0 Å². The average Bonchev–Trinajstić information content (AvgIpc) is 2.57. The Morgan fingerprint density at radius 3 is 2.62 bits per heavy atom. The van der Waals surface area contributed by atoms with Crippen LogP contribution in [-0.2, 0) is 6.61 Å². The lowest BCUT2D eigenvalue weighted by atomic mass is 10.1. The van der Waals surface area contributed by atoms with Gasteiger partial charge in [0.2, 0.25) is 5.88 Å². The number of hydrogen-bond donors (Lipinski definition) is 1. The third-order valence-corrected chi connectivity index (χ3v) is 3.98. The van der Waals surface area contributed by atoms with Gasteiger partial charge < -0.3 is 10.5 Å². The zero-order valence-corrected chi connectivity index (χ0v) is 14.1. The summed E-state index contributed by atoms with van der Waals surface area (Å²) in [5, 5.41) is 0. The maximum atomic E-state index is 12.7. The summed E-state index contributed by atoms with van der Waals surface area (Å²) in [6.07, 6.45) is 1.78. The molecule has 1 aromatic carbocycles. The molecule has 0 spiro atoms. The molecule has 5 nitrogen and oxygen atoms in total. The Bertz CT molecular complexity index is 931. The van der Waals surface area contributed by atoms with Gasteiger partial charge in [-0.25, -0.2) is 0 Å². The SMILES string of the molecule is Cc1cc(C(C)N)c2nc(OCc3ccccc3)c(C)c(=O)n2c1. The standard InChI is InChI=1S/C19H21N3O2/c1-12-9-16(14(3)20)17-21-18(13(2)19(23)22(17)10-12)24-11-15-7-5-4-6-8-15/h4-10,14H,11,20H2,1-3H3. The second-order valence-electron chi connectivity index (χ2n) is 6.08. The lowest BCUT2D eigenvalue weighted by Crippen LogP contribution is -2.22. The summed E-state index contributed by atoms with van der Waals surface area (Å²) in [6.45, 7) is 5.91. The minimum atomic E-state index is -0.225. The van der Waals surface area contributed by atoms with Crippen LogP contribution in [0.2, 0.25) is 0 Å². The second-order valence-corrected chi connectivity index (χ2v) is 6.08. The highest BCUT2D eigenvalue weighted by molar-refractivity contribution is 5.53. The van der Waals surface area contributed by atoms with E-state index in [2.05, 4.69) is 4.98 Å². The van der Waals surface area contributed by atoms with E-state index in [1.165, 1.54) is 0 Å². The molecule has 24 heavy (non-hydrogen) atoms. The smallest absolute Gasteiger partial charge is 0.264 e. The number of nitrogens with two attached hydrogens (primary N) is 1. The number of rotatable bonds is 4. The molecular weight excluding hydrogens is 302 g/mol. The van der Waals surface area contributed by atoms with Crippen LogP contribution in [0.4, 0.5) is 0 Å². The Kier molecular flexibility index (Phi) is 4.36. The average molecular weight is 323 g/mol. The third-order valence-electron chi connectivity index (χ3n) is 3.98. The molecule has 2 heterocycles. The monoisotopic (exact) mass is 323 g/mol. The van der Waals surface area contributed by atoms with E-state index in [-0.39, 0.29) is 11.6 Å². The Balaban J connectivity index is 2.09. The van der Waals surface area contributed by atoms with E-state index in [1.807, 2.05) is 50.2 Å². The summed E-state index contributed by atoms with van der Waals surface area (Å²) >= 11 is 0. The number of benzene rings is 1. The summed E-state index contributed by atoms with van der Waals surface area (Å²) < 4.78 is 7.37. The van der Waals surface area contributed by atoms with Crippen molar-refractivity contribution in [3.63, 3.8) is 0 Å². The molecule has 3 aromatic rings. The number of hydrogen-bond acceptors (Lipinski definition) is 4. The van der Waals surface area contributed by atoms with E-state index in [4.69, 9.17) is 10.5 Å². The van der Waals surface area contributed by atoms with Crippen LogP contribution in [0.1, 0.15) is 35.2 Å². The van der Waals surface area contributed by atoms with E-state index < -0.39 is 0 Å². The van der Waals surface area contributed by atoms with Gasteiger partial charge in [0.05, 0.1) is 5.56 Å². The predicted molar refractivity (Wildman–Crippen MR) is 94.3 cm³/mol. The molecule has 1 atom stereocenters. The van der Waals surface area contributed by atoms with Gasteiger partial charge in [-0.3, -0.25) is 9.20 Å². The number of pyridine rings is 1. The van der Waals surface area contributed by atoms with Crippen molar-refractivity contribution >= 4 is 5.65 Å². The number of nitrogens with zero attached hydrogens (tertiary/aromatic N) is 2. The van der Waals surface area contributed by atoms with Crippen molar-refractivity contribution in [2.45, 2.75) is 33.4 Å². The Morgan fingerprint density at radius 2 is 1.96 bits per heavy atom. The fourth-order valence-corrected chi connectivity index (χ4v) is 2.68. The van der Waals surface area contributed by atoms with Gasteiger partial charge in [-0.05, 0) is 38.0 Å². The quantitative estimate of drug-likeness (QED) is 0.801. The largest absolute Gasteiger partial charge is 0.472 e. The molecule has 3 rings (SSSR count). The van der Waals surface area contributed by atoms with Crippen molar-refractivity contribution in [3.8, 4) is 5.88 Å². The Hall–Kier alpha value is -2.66. The summed E-state index contributed by atoms with van der Waals surface area (Å²) in [5.41, 5.74) is 9.79. The van der Waals surface area contributed by atoms with Crippen molar-refractivity contribution in [2.75, 3.05) is 0 Å². The van der Waals surface area contributed by atoms with Crippen molar-refractivity contribution in [1.82, 2.24) is 9.38 Å². The van der Waals surface area contributed by atoms with Gasteiger partial charge >= 0.3 is 0 Å². The minimum absolute atomic E-state index is 0.131. The van der Waals surface area contributed by atoms with Gasteiger partial charge in [-0.2, -0.15) is 4.98 Å². The molecule has 0 amide bonds. The molecule has 124 valence electrons.